The third kappa shape index (κ3) is 3.01. The summed E-state index contributed by atoms with van der Waals surface area (Å²) in [5.74, 6) is 0.642. The molecule has 0 aromatic heterocycles. The minimum atomic E-state index is -0.865. The molecule has 1 fully saturated rings. The van der Waals surface area contributed by atoms with Gasteiger partial charge in [-0.15, -0.1) is 0 Å². The van der Waals surface area contributed by atoms with Crippen LogP contribution in [0, 0.1) is 10.1 Å². The third-order valence-electron chi connectivity index (χ3n) is 2.87. The maximum absolute atomic E-state index is 12.3. The second kappa shape index (κ2) is 5.79. The van der Waals surface area contributed by atoms with Crippen LogP contribution in [-0.2, 0) is 10.8 Å². The fraction of sp³-hybridized carbons (Fsp3) is 0.364. The molecule has 0 bridgehead atoms. The van der Waals surface area contributed by atoms with Gasteiger partial charge in [0.15, 0.2) is 0 Å². The molecule has 0 saturated carbocycles. The van der Waals surface area contributed by atoms with Crippen LogP contribution in [-0.4, -0.2) is 44.5 Å². The average Bonchev–Trinajstić information content (AvgIpc) is 2.38. The molecular formula is C11H11BrN2O4S. The fourth-order valence-corrected chi connectivity index (χ4v) is 3.47. The van der Waals surface area contributed by atoms with Crippen molar-refractivity contribution < 1.29 is 13.9 Å². The van der Waals surface area contributed by atoms with E-state index in [0.717, 1.165) is 0 Å². The van der Waals surface area contributed by atoms with Crippen molar-refractivity contribution in [2.75, 3.05) is 24.6 Å². The summed E-state index contributed by atoms with van der Waals surface area (Å²) in [5.41, 5.74) is 0.133. The molecule has 0 aliphatic carbocycles. The Morgan fingerprint density at radius 2 is 2.00 bits per heavy atom. The number of halogens is 1. The number of nitro groups is 1. The van der Waals surface area contributed by atoms with Gasteiger partial charge < -0.3 is 4.90 Å². The first-order valence-corrected chi connectivity index (χ1v) is 7.86. The predicted molar refractivity (Wildman–Crippen MR) is 74.6 cm³/mol. The largest absolute Gasteiger partial charge is 0.337 e. The molecule has 1 heterocycles. The molecule has 0 atom stereocenters. The molecular weight excluding hydrogens is 336 g/mol. The van der Waals surface area contributed by atoms with Gasteiger partial charge in [-0.2, -0.15) is 0 Å². The maximum atomic E-state index is 12.3. The van der Waals surface area contributed by atoms with Crippen molar-refractivity contribution in [3.63, 3.8) is 0 Å². The zero-order valence-electron chi connectivity index (χ0n) is 9.87. The molecule has 0 radical (unpaired) electrons. The molecule has 19 heavy (non-hydrogen) atoms. The summed E-state index contributed by atoms with van der Waals surface area (Å²) < 4.78 is 11.4. The van der Waals surface area contributed by atoms with Crippen molar-refractivity contribution in [3.8, 4) is 0 Å². The van der Waals surface area contributed by atoms with Gasteiger partial charge in [-0.05, 0) is 22.0 Å². The topological polar surface area (TPSA) is 80.5 Å². The summed E-state index contributed by atoms with van der Waals surface area (Å²) in [7, 11) is -0.865. The highest BCUT2D eigenvalue weighted by Crippen LogP contribution is 2.29. The van der Waals surface area contributed by atoms with E-state index in [9.17, 15) is 19.1 Å². The van der Waals surface area contributed by atoms with E-state index < -0.39 is 15.7 Å². The number of benzene rings is 1. The van der Waals surface area contributed by atoms with Crippen LogP contribution in [0.25, 0.3) is 0 Å². The number of nitro benzene ring substituents is 1. The van der Waals surface area contributed by atoms with Crippen LogP contribution in [0.2, 0.25) is 0 Å². The first-order valence-electron chi connectivity index (χ1n) is 5.58. The molecule has 0 spiro atoms. The second-order valence-electron chi connectivity index (χ2n) is 4.04. The lowest BCUT2D eigenvalue weighted by atomic mass is 10.1. The van der Waals surface area contributed by atoms with E-state index in [0.29, 0.717) is 24.6 Å². The van der Waals surface area contributed by atoms with Gasteiger partial charge >= 0.3 is 0 Å². The van der Waals surface area contributed by atoms with Crippen LogP contribution in [0.1, 0.15) is 10.4 Å². The smallest absolute Gasteiger partial charge is 0.284 e. The Hall–Kier alpha value is -1.28. The molecule has 1 aliphatic rings. The minimum absolute atomic E-state index is 0.133. The quantitative estimate of drug-likeness (QED) is 0.601. The molecule has 0 unspecified atom stereocenters. The number of nitrogens with zero attached hydrogens (tertiary/aromatic N) is 2. The first kappa shape index (κ1) is 14.1. The summed E-state index contributed by atoms with van der Waals surface area (Å²) in [6.07, 6.45) is 0. The summed E-state index contributed by atoms with van der Waals surface area (Å²) in [5, 5.41) is 10.8. The van der Waals surface area contributed by atoms with Gasteiger partial charge in [0.1, 0.15) is 4.47 Å². The van der Waals surface area contributed by atoms with Gasteiger partial charge in [0.25, 0.3) is 11.6 Å². The summed E-state index contributed by atoms with van der Waals surface area (Å²) >= 11 is 3.11. The minimum Gasteiger partial charge on any atom is -0.337 e. The Balaban J connectivity index is 2.27. The van der Waals surface area contributed by atoms with Crippen molar-refractivity contribution in [2.45, 2.75) is 0 Å². The van der Waals surface area contributed by atoms with Crippen LogP contribution >= 0.6 is 15.9 Å². The van der Waals surface area contributed by atoms with Crippen LogP contribution in [0.3, 0.4) is 0 Å². The first-order chi connectivity index (χ1) is 9.00. The molecule has 0 N–H and O–H groups in total. The van der Waals surface area contributed by atoms with Crippen LogP contribution in [0.4, 0.5) is 5.69 Å². The van der Waals surface area contributed by atoms with Crippen molar-refractivity contribution in [2.24, 2.45) is 0 Å². The van der Waals surface area contributed by atoms with Gasteiger partial charge in [0, 0.05) is 41.5 Å². The number of hydrogen-bond acceptors (Lipinski definition) is 4. The Morgan fingerprint density at radius 1 is 1.37 bits per heavy atom. The zero-order chi connectivity index (χ0) is 14.0. The maximum Gasteiger partial charge on any atom is 0.284 e. The number of hydrogen-bond donors (Lipinski definition) is 0. The van der Waals surface area contributed by atoms with E-state index in [1.807, 2.05) is 0 Å². The Bertz CT molecular complexity index is 554. The van der Waals surface area contributed by atoms with E-state index in [2.05, 4.69) is 15.9 Å². The molecule has 1 aromatic carbocycles. The van der Waals surface area contributed by atoms with Crippen LogP contribution in [0.5, 0.6) is 0 Å². The Morgan fingerprint density at radius 3 is 2.58 bits per heavy atom. The van der Waals surface area contributed by atoms with E-state index in [1.54, 1.807) is 11.0 Å². The predicted octanol–water partition coefficient (Wildman–Crippen LogP) is 1.56. The van der Waals surface area contributed by atoms with E-state index >= 15 is 0 Å². The number of rotatable bonds is 2. The van der Waals surface area contributed by atoms with Gasteiger partial charge in [-0.3, -0.25) is 19.1 Å². The lowest BCUT2D eigenvalue weighted by Crippen LogP contribution is -2.41. The van der Waals surface area contributed by atoms with E-state index in [1.165, 1.54) is 12.1 Å². The lowest BCUT2D eigenvalue weighted by molar-refractivity contribution is -0.385. The highest BCUT2D eigenvalue weighted by atomic mass is 79.9. The number of carbonyl (C=O) groups is 1. The zero-order valence-corrected chi connectivity index (χ0v) is 12.3. The van der Waals surface area contributed by atoms with E-state index in [4.69, 9.17) is 0 Å². The number of carbonyl (C=O) groups excluding carboxylic acids is 1. The molecule has 1 aliphatic heterocycles. The SMILES string of the molecule is O=C(c1cccc([N+](=O)[O-])c1Br)N1CCS(=O)CC1. The normalized spacial score (nSPS) is 16.4. The van der Waals surface area contributed by atoms with E-state index in [-0.39, 0.29) is 21.6 Å². The highest BCUT2D eigenvalue weighted by molar-refractivity contribution is 9.10. The van der Waals surface area contributed by atoms with Gasteiger partial charge in [0.05, 0.1) is 10.5 Å². The molecule has 1 amide bonds. The molecule has 1 saturated heterocycles. The average molecular weight is 347 g/mol. The van der Waals surface area contributed by atoms with Gasteiger partial charge in [-0.25, -0.2) is 0 Å². The van der Waals surface area contributed by atoms with Crippen molar-refractivity contribution >= 4 is 38.3 Å². The molecule has 8 heteroatoms. The molecule has 1 aromatic rings. The van der Waals surface area contributed by atoms with Crippen LogP contribution < -0.4 is 0 Å². The van der Waals surface area contributed by atoms with Crippen molar-refractivity contribution in [1.29, 1.82) is 0 Å². The van der Waals surface area contributed by atoms with Gasteiger partial charge in [0.2, 0.25) is 0 Å². The van der Waals surface area contributed by atoms with Gasteiger partial charge in [-0.1, -0.05) is 6.07 Å². The molecule has 2 rings (SSSR count). The fourth-order valence-electron chi connectivity index (χ4n) is 1.84. The Kier molecular flexibility index (Phi) is 4.31. The summed E-state index contributed by atoms with van der Waals surface area (Å²) in [6, 6.07) is 4.37. The van der Waals surface area contributed by atoms with Crippen molar-refractivity contribution in [1.82, 2.24) is 4.90 Å². The second-order valence-corrected chi connectivity index (χ2v) is 6.53. The monoisotopic (exact) mass is 346 g/mol. The third-order valence-corrected chi connectivity index (χ3v) is 4.98. The highest BCUT2D eigenvalue weighted by Gasteiger charge is 2.25. The number of amides is 1. The lowest BCUT2D eigenvalue weighted by Gasteiger charge is -2.26. The van der Waals surface area contributed by atoms with Crippen LogP contribution in [0.15, 0.2) is 22.7 Å². The Labute approximate surface area is 120 Å². The molecule has 102 valence electrons. The molecule has 6 nitrogen and oxygen atoms in total. The standard InChI is InChI=1S/C11H11BrN2O4S/c12-10-8(2-1-3-9(10)14(16)17)11(15)13-4-6-19(18)7-5-13/h1-3H,4-7H2. The summed E-state index contributed by atoms with van der Waals surface area (Å²) in [6.45, 7) is 0.834. The van der Waals surface area contributed by atoms with Crippen molar-refractivity contribution in [3.05, 3.63) is 38.3 Å². The summed E-state index contributed by atoms with van der Waals surface area (Å²) in [4.78, 5) is 24.1.